The lowest BCUT2D eigenvalue weighted by molar-refractivity contribution is 0.122. The number of anilines is 1. The van der Waals surface area contributed by atoms with Gasteiger partial charge in [-0.15, -0.1) is 0 Å². The molecule has 1 N–H and O–H groups in total. The summed E-state index contributed by atoms with van der Waals surface area (Å²) >= 11 is 0. The van der Waals surface area contributed by atoms with Gasteiger partial charge in [-0.05, 0) is 12.1 Å². The maximum Gasteiger partial charge on any atom is 0.195 e. The molecule has 4 aromatic heterocycles. The number of rotatable bonds is 4. The summed E-state index contributed by atoms with van der Waals surface area (Å²) < 4.78 is 17.3. The van der Waals surface area contributed by atoms with Gasteiger partial charge in [-0.3, -0.25) is 10.1 Å². The average molecular weight is 428 g/mol. The third-order valence-corrected chi connectivity index (χ3v) is 5.66. The zero-order chi connectivity index (χ0) is 21.5. The Kier molecular flexibility index (Phi) is 4.46. The smallest absolute Gasteiger partial charge is 0.195 e. The van der Waals surface area contributed by atoms with Crippen LogP contribution in [0, 0.1) is 0 Å². The van der Waals surface area contributed by atoms with Crippen LogP contribution in [0.2, 0.25) is 0 Å². The normalized spacial score (nSPS) is 14.3. The highest BCUT2D eigenvalue weighted by molar-refractivity contribution is 5.95. The van der Waals surface area contributed by atoms with Crippen molar-refractivity contribution in [3.63, 3.8) is 0 Å². The van der Waals surface area contributed by atoms with Crippen LogP contribution in [0.25, 0.3) is 44.7 Å². The summed E-state index contributed by atoms with van der Waals surface area (Å²) in [4.78, 5) is 16.2. The standard InChI is InChI=1S/C23H20N6O3/c1-30-19-5-6-24-12-16(19)20-11-18-21(32-20)23(29-7-9-31-10-8-29)27-22(26-18)14-3-2-4-17-15(14)13-25-28-17/h2-6,11-13H,7-10H2,1H3,(H,25,28). The van der Waals surface area contributed by atoms with Crippen LogP contribution in [-0.2, 0) is 4.74 Å². The van der Waals surface area contributed by atoms with Gasteiger partial charge in [0.2, 0.25) is 0 Å². The first-order valence-electron chi connectivity index (χ1n) is 10.4. The highest BCUT2D eigenvalue weighted by Gasteiger charge is 2.23. The van der Waals surface area contributed by atoms with E-state index in [1.807, 2.05) is 30.3 Å². The summed E-state index contributed by atoms with van der Waals surface area (Å²) in [5.74, 6) is 2.69. The largest absolute Gasteiger partial charge is 0.496 e. The fraction of sp³-hybridized carbons (Fsp3) is 0.217. The van der Waals surface area contributed by atoms with E-state index in [2.05, 4.69) is 20.1 Å². The van der Waals surface area contributed by atoms with Gasteiger partial charge in [-0.1, -0.05) is 12.1 Å². The summed E-state index contributed by atoms with van der Waals surface area (Å²) in [6.07, 6.45) is 5.22. The summed E-state index contributed by atoms with van der Waals surface area (Å²) in [5, 5.41) is 8.16. The molecule has 6 rings (SSSR count). The SMILES string of the molecule is COc1ccncc1-c1cc2nc(-c3cccc4[nH]ncc34)nc(N3CCOCC3)c2o1. The van der Waals surface area contributed by atoms with E-state index in [4.69, 9.17) is 23.9 Å². The number of fused-ring (bicyclic) bond motifs is 2. The predicted octanol–water partition coefficient (Wildman–Crippen LogP) is 3.67. The van der Waals surface area contributed by atoms with Crippen LogP contribution in [0.3, 0.4) is 0 Å². The molecular formula is C23H20N6O3. The Morgan fingerprint density at radius 2 is 1.97 bits per heavy atom. The fourth-order valence-electron chi connectivity index (χ4n) is 4.07. The maximum atomic E-state index is 6.30. The van der Waals surface area contributed by atoms with Crippen LogP contribution in [-0.4, -0.2) is 58.6 Å². The Morgan fingerprint density at radius 1 is 1.06 bits per heavy atom. The maximum absolute atomic E-state index is 6.30. The van der Waals surface area contributed by atoms with Gasteiger partial charge < -0.3 is 18.8 Å². The summed E-state index contributed by atoms with van der Waals surface area (Å²) in [7, 11) is 1.63. The van der Waals surface area contributed by atoms with Crippen molar-refractivity contribution in [1.82, 2.24) is 25.1 Å². The second-order valence-corrected chi connectivity index (χ2v) is 7.51. The van der Waals surface area contributed by atoms with Crippen LogP contribution >= 0.6 is 0 Å². The summed E-state index contributed by atoms with van der Waals surface area (Å²) in [6.45, 7) is 2.74. The molecule has 0 saturated carbocycles. The van der Waals surface area contributed by atoms with Gasteiger partial charge in [0.1, 0.15) is 17.0 Å². The Labute approximate surface area is 183 Å². The van der Waals surface area contributed by atoms with Crippen molar-refractivity contribution >= 4 is 27.8 Å². The number of furan rings is 1. The van der Waals surface area contributed by atoms with Gasteiger partial charge in [0.25, 0.3) is 0 Å². The lowest BCUT2D eigenvalue weighted by atomic mass is 10.1. The number of benzene rings is 1. The van der Waals surface area contributed by atoms with Gasteiger partial charge in [0.15, 0.2) is 17.2 Å². The number of morpholine rings is 1. The van der Waals surface area contributed by atoms with Crippen molar-refractivity contribution in [2.45, 2.75) is 0 Å². The molecule has 0 amide bonds. The molecule has 0 bridgehead atoms. The molecule has 160 valence electrons. The van der Waals surface area contributed by atoms with Crippen molar-refractivity contribution in [3.05, 3.63) is 48.9 Å². The molecule has 9 nitrogen and oxygen atoms in total. The molecule has 1 saturated heterocycles. The zero-order valence-corrected chi connectivity index (χ0v) is 17.4. The minimum absolute atomic E-state index is 0.622. The predicted molar refractivity (Wildman–Crippen MR) is 120 cm³/mol. The van der Waals surface area contributed by atoms with Crippen LogP contribution in [0.4, 0.5) is 5.82 Å². The molecule has 0 unspecified atom stereocenters. The van der Waals surface area contributed by atoms with Gasteiger partial charge in [0.05, 0.1) is 37.6 Å². The number of H-pyrrole nitrogens is 1. The first kappa shape index (κ1) is 18.8. The third-order valence-electron chi connectivity index (χ3n) is 5.66. The van der Waals surface area contributed by atoms with Gasteiger partial charge in [-0.2, -0.15) is 5.10 Å². The third kappa shape index (κ3) is 3.05. The number of ether oxygens (including phenoxy) is 2. The Bertz CT molecular complexity index is 1420. The van der Waals surface area contributed by atoms with E-state index in [0.29, 0.717) is 36.1 Å². The molecule has 1 aromatic carbocycles. The zero-order valence-electron chi connectivity index (χ0n) is 17.4. The fourth-order valence-corrected chi connectivity index (χ4v) is 4.07. The van der Waals surface area contributed by atoms with Gasteiger partial charge in [-0.25, -0.2) is 9.97 Å². The molecule has 5 aromatic rings. The Morgan fingerprint density at radius 3 is 2.84 bits per heavy atom. The average Bonchev–Trinajstić information content (AvgIpc) is 3.51. The summed E-state index contributed by atoms with van der Waals surface area (Å²) in [5.41, 5.74) is 3.97. The molecule has 5 heterocycles. The molecule has 32 heavy (non-hydrogen) atoms. The monoisotopic (exact) mass is 428 g/mol. The first-order valence-corrected chi connectivity index (χ1v) is 10.4. The minimum atomic E-state index is 0.622. The summed E-state index contributed by atoms with van der Waals surface area (Å²) in [6, 6.07) is 9.69. The first-order chi connectivity index (χ1) is 15.8. The topological polar surface area (TPSA) is 102 Å². The van der Waals surface area contributed by atoms with Gasteiger partial charge >= 0.3 is 0 Å². The van der Waals surface area contributed by atoms with E-state index < -0.39 is 0 Å². The van der Waals surface area contributed by atoms with E-state index in [1.54, 1.807) is 25.7 Å². The number of aromatic nitrogens is 5. The Balaban J connectivity index is 1.58. The van der Waals surface area contributed by atoms with E-state index in [9.17, 15) is 0 Å². The number of nitrogens with one attached hydrogen (secondary N) is 1. The molecule has 1 fully saturated rings. The number of hydrogen-bond donors (Lipinski definition) is 1. The van der Waals surface area contributed by atoms with E-state index in [1.165, 1.54) is 0 Å². The van der Waals surface area contributed by atoms with E-state index in [0.717, 1.165) is 46.5 Å². The van der Waals surface area contributed by atoms with E-state index in [-0.39, 0.29) is 0 Å². The van der Waals surface area contributed by atoms with Crippen LogP contribution in [0.5, 0.6) is 5.75 Å². The molecular weight excluding hydrogens is 408 g/mol. The Hall–Kier alpha value is -3.98. The van der Waals surface area contributed by atoms with Crippen LogP contribution in [0.1, 0.15) is 0 Å². The molecule has 1 aliphatic heterocycles. The van der Waals surface area contributed by atoms with Crippen molar-refractivity contribution in [2.24, 2.45) is 0 Å². The highest BCUT2D eigenvalue weighted by Crippen LogP contribution is 2.37. The highest BCUT2D eigenvalue weighted by atomic mass is 16.5. The molecule has 0 aliphatic carbocycles. The van der Waals surface area contributed by atoms with Gasteiger partial charge in [0, 0.05) is 42.5 Å². The molecule has 0 radical (unpaired) electrons. The second kappa shape index (κ2) is 7.61. The van der Waals surface area contributed by atoms with E-state index >= 15 is 0 Å². The van der Waals surface area contributed by atoms with Crippen molar-refractivity contribution in [1.29, 1.82) is 0 Å². The molecule has 0 atom stereocenters. The molecule has 0 spiro atoms. The van der Waals surface area contributed by atoms with Crippen LogP contribution in [0.15, 0.2) is 53.3 Å². The lowest BCUT2D eigenvalue weighted by Crippen LogP contribution is -2.37. The second-order valence-electron chi connectivity index (χ2n) is 7.51. The van der Waals surface area contributed by atoms with Crippen molar-refractivity contribution in [3.8, 4) is 28.5 Å². The number of aromatic amines is 1. The van der Waals surface area contributed by atoms with Crippen LogP contribution < -0.4 is 9.64 Å². The molecule has 9 heteroatoms. The number of pyridine rings is 1. The minimum Gasteiger partial charge on any atom is -0.496 e. The number of nitrogens with zero attached hydrogens (tertiary/aromatic N) is 5. The van der Waals surface area contributed by atoms with Crippen molar-refractivity contribution in [2.75, 3.05) is 38.3 Å². The quantitative estimate of drug-likeness (QED) is 0.463. The molecule has 1 aliphatic rings. The number of hydrogen-bond acceptors (Lipinski definition) is 8. The number of methoxy groups -OCH3 is 1. The van der Waals surface area contributed by atoms with Crippen molar-refractivity contribution < 1.29 is 13.9 Å². The lowest BCUT2D eigenvalue weighted by Gasteiger charge is -2.27.